The molecule has 0 radical (unpaired) electrons. The van der Waals surface area contributed by atoms with Crippen molar-refractivity contribution >= 4 is 11.6 Å². The van der Waals surface area contributed by atoms with Crippen LogP contribution in [0.25, 0.3) is 0 Å². The van der Waals surface area contributed by atoms with Gasteiger partial charge in [0.05, 0.1) is 7.11 Å². The molecule has 0 amide bonds. The van der Waals surface area contributed by atoms with Crippen LogP contribution in [0.4, 0.5) is 0 Å². The predicted octanol–water partition coefficient (Wildman–Crippen LogP) is 2.21. The normalized spacial score (nSPS) is 18.8. The lowest BCUT2D eigenvalue weighted by Gasteiger charge is -2.40. The van der Waals surface area contributed by atoms with Gasteiger partial charge in [0, 0.05) is 29.1 Å². The van der Waals surface area contributed by atoms with Crippen molar-refractivity contribution in [2.24, 2.45) is 0 Å². The Kier molecular flexibility index (Phi) is 2.41. The Morgan fingerprint density at radius 3 is 2.64 bits per heavy atom. The SMILES string of the molecule is COc1ccc(Cl)cc1C1(C)CNC1. The predicted molar refractivity (Wildman–Crippen MR) is 58.2 cm³/mol. The summed E-state index contributed by atoms with van der Waals surface area (Å²) in [6.07, 6.45) is 0. The fourth-order valence-electron chi connectivity index (χ4n) is 1.84. The summed E-state index contributed by atoms with van der Waals surface area (Å²) in [5.41, 5.74) is 1.38. The van der Waals surface area contributed by atoms with Crippen LogP contribution in [0.2, 0.25) is 5.02 Å². The zero-order valence-corrected chi connectivity index (χ0v) is 9.19. The number of ether oxygens (including phenoxy) is 1. The zero-order chi connectivity index (χ0) is 10.2. The molecule has 0 bridgehead atoms. The molecule has 1 aromatic rings. The van der Waals surface area contributed by atoms with E-state index in [1.807, 2.05) is 18.2 Å². The number of nitrogens with one attached hydrogen (secondary N) is 1. The van der Waals surface area contributed by atoms with Crippen LogP contribution in [0, 0.1) is 0 Å². The molecule has 1 fully saturated rings. The van der Waals surface area contributed by atoms with Gasteiger partial charge in [-0.2, -0.15) is 0 Å². The second kappa shape index (κ2) is 3.44. The monoisotopic (exact) mass is 211 g/mol. The molecule has 0 atom stereocenters. The van der Waals surface area contributed by atoms with Crippen molar-refractivity contribution in [2.75, 3.05) is 20.2 Å². The van der Waals surface area contributed by atoms with E-state index >= 15 is 0 Å². The first-order chi connectivity index (χ1) is 6.65. The first kappa shape index (κ1) is 9.81. The average Bonchev–Trinajstić information content (AvgIpc) is 2.14. The van der Waals surface area contributed by atoms with E-state index in [4.69, 9.17) is 16.3 Å². The summed E-state index contributed by atoms with van der Waals surface area (Å²) in [6.45, 7) is 4.20. The van der Waals surface area contributed by atoms with Crippen molar-refractivity contribution in [3.05, 3.63) is 28.8 Å². The molecule has 1 N–H and O–H groups in total. The summed E-state index contributed by atoms with van der Waals surface area (Å²) < 4.78 is 5.34. The van der Waals surface area contributed by atoms with Crippen molar-refractivity contribution in [3.63, 3.8) is 0 Å². The van der Waals surface area contributed by atoms with Crippen LogP contribution >= 0.6 is 11.6 Å². The van der Waals surface area contributed by atoms with E-state index in [1.165, 1.54) is 5.56 Å². The van der Waals surface area contributed by atoms with Gasteiger partial charge in [0.1, 0.15) is 5.75 Å². The number of benzene rings is 1. The van der Waals surface area contributed by atoms with Crippen molar-refractivity contribution in [1.29, 1.82) is 0 Å². The minimum atomic E-state index is 0.177. The molecule has 1 aromatic carbocycles. The van der Waals surface area contributed by atoms with Crippen molar-refractivity contribution in [2.45, 2.75) is 12.3 Å². The Morgan fingerprint density at radius 2 is 2.14 bits per heavy atom. The van der Waals surface area contributed by atoms with E-state index in [2.05, 4.69) is 12.2 Å². The van der Waals surface area contributed by atoms with Gasteiger partial charge in [-0.05, 0) is 18.2 Å². The largest absolute Gasteiger partial charge is 0.496 e. The van der Waals surface area contributed by atoms with Crippen LogP contribution in [-0.2, 0) is 5.41 Å². The minimum absolute atomic E-state index is 0.177. The quantitative estimate of drug-likeness (QED) is 0.810. The van der Waals surface area contributed by atoms with Gasteiger partial charge in [0.25, 0.3) is 0 Å². The van der Waals surface area contributed by atoms with Gasteiger partial charge in [-0.15, -0.1) is 0 Å². The van der Waals surface area contributed by atoms with Crippen LogP contribution in [0.5, 0.6) is 5.75 Å². The third-order valence-electron chi connectivity index (χ3n) is 2.84. The standard InChI is InChI=1S/C11H14ClNO/c1-11(6-13-7-11)9-5-8(12)3-4-10(9)14-2/h3-5,13H,6-7H2,1-2H3. The highest BCUT2D eigenvalue weighted by atomic mass is 35.5. The lowest BCUT2D eigenvalue weighted by atomic mass is 9.77. The number of hydrogen-bond donors (Lipinski definition) is 1. The van der Waals surface area contributed by atoms with Crippen molar-refractivity contribution in [1.82, 2.24) is 5.32 Å². The summed E-state index contributed by atoms with van der Waals surface area (Å²) in [5.74, 6) is 0.929. The van der Waals surface area contributed by atoms with Gasteiger partial charge in [0.2, 0.25) is 0 Å². The van der Waals surface area contributed by atoms with Crippen LogP contribution in [0.1, 0.15) is 12.5 Å². The minimum Gasteiger partial charge on any atom is -0.496 e. The van der Waals surface area contributed by atoms with Gasteiger partial charge in [0.15, 0.2) is 0 Å². The molecule has 0 aromatic heterocycles. The molecule has 0 spiro atoms. The maximum Gasteiger partial charge on any atom is 0.122 e. The molecule has 2 nitrogen and oxygen atoms in total. The smallest absolute Gasteiger partial charge is 0.122 e. The van der Waals surface area contributed by atoms with Crippen LogP contribution < -0.4 is 10.1 Å². The highest BCUT2D eigenvalue weighted by Crippen LogP contribution is 2.36. The highest BCUT2D eigenvalue weighted by molar-refractivity contribution is 6.30. The maximum atomic E-state index is 5.98. The summed E-state index contributed by atoms with van der Waals surface area (Å²) in [5, 5.41) is 4.04. The van der Waals surface area contributed by atoms with Crippen molar-refractivity contribution < 1.29 is 4.74 Å². The van der Waals surface area contributed by atoms with Gasteiger partial charge in [-0.3, -0.25) is 0 Å². The Balaban J connectivity index is 2.43. The Labute approximate surface area is 89.2 Å². The van der Waals surface area contributed by atoms with Gasteiger partial charge < -0.3 is 10.1 Å². The first-order valence-electron chi connectivity index (χ1n) is 4.70. The van der Waals surface area contributed by atoms with E-state index in [-0.39, 0.29) is 5.41 Å². The molecule has 0 aliphatic carbocycles. The molecule has 1 saturated heterocycles. The number of hydrogen-bond acceptors (Lipinski definition) is 2. The Bertz CT molecular complexity index is 347. The molecule has 1 aliphatic heterocycles. The molecular weight excluding hydrogens is 198 g/mol. The Hall–Kier alpha value is -0.730. The molecule has 1 aliphatic rings. The van der Waals surface area contributed by atoms with E-state index in [9.17, 15) is 0 Å². The summed E-state index contributed by atoms with van der Waals surface area (Å²) in [6, 6.07) is 5.79. The van der Waals surface area contributed by atoms with E-state index in [0.29, 0.717) is 0 Å². The van der Waals surface area contributed by atoms with Gasteiger partial charge in [-0.1, -0.05) is 18.5 Å². The third kappa shape index (κ3) is 1.49. The van der Waals surface area contributed by atoms with Crippen LogP contribution in [-0.4, -0.2) is 20.2 Å². The summed E-state index contributed by atoms with van der Waals surface area (Å²) in [4.78, 5) is 0. The molecule has 76 valence electrons. The van der Waals surface area contributed by atoms with E-state index in [1.54, 1.807) is 7.11 Å². The average molecular weight is 212 g/mol. The lowest BCUT2D eigenvalue weighted by molar-refractivity contribution is 0.291. The second-order valence-electron chi connectivity index (χ2n) is 4.01. The van der Waals surface area contributed by atoms with E-state index in [0.717, 1.165) is 23.9 Å². The van der Waals surface area contributed by atoms with Gasteiger partial charge in [-0.25, -0.2) is 0 Å². The zero-order valence-electron chi connectivity index (χ0n) is 8.43. The molecule has 0 saturated carbocycles. The van der Waals surface area contributed by atoms with Crippen molar-refractivity contribution in [3.8, 4) is 5.75 Å². The maximum absolute atomic E-state index is 5.98. The third-order valence-corrected chi connectivity index (χ3v) is 3.08. The van der Waals surface area contributed by atoms with Crippen LogP contribution in [0.15, 0.2) is 18.2 Å². The number of halogens is 1. The summed E-state index contributed by atoms with van der Waals surface area (Å²) in [7, 11) is 1.70. The highest BCUT2D eigenvalue weighted by Gasteiger charge is 2.35. The lowest BCUT2D eigenvalue weighted by Crippen LogP contribution is -2.54. The molecule has 0 unspecified atom stereocenters. The fourth-order valence-corrected chi connectivity index (χ4v) is 2.01. The summed E-state index contributed by atoms with van der Waals surface area (Å²) >= 11 is 5.98. The molecule has 3 heteroatoms. The fraction of sp³-hybridized carbons (Fsp3) is 0.455. The van der Waals surface area contributed by atoms with Gasteiger partial charge >= 0.3 is 0 Å². The molecule has 14 heavy (non-hydrogen) atoms. The Morgan fingerprint density at radius 1 is 1.43 bits per heavy atom. The molecule has 2 rings (SSSR count). The number of methoxy groups -OCH3 is 1. The van der Waals surface area contributed by atoms with E-state index < -0.39 is 0 Å². The second-order valence-corrected chi connectivity index (χ2v) is 4.45. The topological polar surface area (TPSA) is 21.3 Å². The molecule has 1 heterocycles. The first-order valence-corrected chi connectivity index (χ1v) is 5.08. The van der Waals surface area contributed by atoms with Crippen LogP contribution in [0.3, 0.4) is 0 Å². The number of rotatable bonds is 2. The molecular formula is C11H14ClNO.